The number of anilines is 2. The molecule has 0 radical (unpaired) electrons. The molecule has 0 bridgehead atoms. The largest absolute Gasteiger partial charge is 0.462 e. The molecular formula is C18H17ClF2N2O5S. The summed E-state index contributed by atoms with van der Waals surface area (Å²) in [6.07, 6.45) is 0.782. The van der Waals surface area contributed by atoms with Crippen LogP contribution in [0.4, 0.5) is 20.2 Å². The number of rotatable bonds is 7. The number of amides is 1. The predicted octanol–water partition coefficient (Wildman–Crippen LogP) is 3.20. The Bertz CT molecular complexity index is 1050. The van der Waals surface area contributed by atoms with Crippen LogP contribution in [0.5, 0.6) is 0 Å². The van der Waals surface area contributed by atoms with Crippen molar-refractivity contribution in [1.29, 1.82) is 0 Å². The van der Waals surface area contributed by atoms with E-state index < -0.39 is 45.8 Å². The molecule has 0 aromatic heterocycles. The number of carbonyl (C=O) groups excluding carboxylic acids is 2. The summed E-state index contributed by atoms with van der Waals surface area (Å²) in [4.78, 5) is 24.2. The highest BCUT2D eigenvalue weighted by atomic mass is 35.5. The summed E-state index contributed by atoms with van der Waals surface area (Å²) in [5, 5.41) is 2.51. The third-order valence-electron chi connectivity index (χ3n) is 3.61. The highest BCUT2D eigenvalue weighted by Gasteiger charge is 2.24. The van der Waals surface area contributed by atoms with Gasteiger partial charge in [0.15, 0.2) is 0 Å². The fourth-order valence-electron chi connectivity index (χ4n) is 2.36. The van der Waals surface area contributed by atoms with Crippen molar-refractivity contribution >= 4 is 44.9 Å². The van der Waals surface area contributed by atoms with Crippen molar-refractivity contribution in [3.8, 4) is 0 Å². The lowest BCUT2D eigenvalue weighted by molar-refractivity contribution is -0.114. The first-order valence-electron chi connectivity index (χ1n) is 8.22. The molecule has 29 heavy (non-hydrogen) atoms. The van der Waals surface area contributed by atoms with Crippen LogP contribution in [-0.2, 0) is 19.6 Å². The molecule has 0 spiro atoms. The van der Waals surface area contributed by atoms with Crippen molar-refractivity contribution in [3.63, 3.8) is 0 Å². The molecule has 0 aliphatic heterocycles. The molecule has 0 aliphatic rings. The lowest BCUT2D eigenvalue weighted by Gasteiger charge is -2.22. The van der Waals surface area contributed by atoms with E-state index in [2.05, 4.69) is 5.32 Å². The number of hydrogen-bond acceptors (Lipinski definition) is 5. The molecule has 0 aliphatic carbocycles. The summed E-state index contributed by atoms with van der Waals surface area (Å²) in [6, 6.07) is 6.32. The van der Waals surface area contributed by atoms with Crippen LogP contribution in [0.2, 0.25) is 5.02 Å². The molecule has 0 atom stereocenters. The standard InChI is InChI=1S/C18H17ClF2N2O5S/c1-3-28-18(25)13-9-12(5-6-14(13)19)22-17(24)10-23(29(2,26)27)16-7-4-11(20)8-15(16)21/h4-9H,3,10H2,1-2H3,(H,22,24). The minimum Gasteiger partial charge on any atom is -0.462 e. The normalized spacial score (nSPS) is 11.1. The molecular weight excluding hydrogens is 430 g/mol. The van der Waals surface area contributed by atoms with Crippen LogP contribution >= 0.6 is 11.6 Å². The summed E-state index contributed by atoms with van der Waals surface area (Å²) >= 11 is 5.94. The van der Waals surface area contributed by atoms with Crippen molar-refractivity contribution in [2.45, 2.75) is 6.92 Å². The second-order valence-corrected chi connectivity index (χ2v) is 8.14. The Morgan fingerprint density at radius 3 is 2.45 bits per heavy atom. The molecule has 0 unspecified atom stereocenters. The third-order valence-corrected chi connectivity index (χ3v) is 5.07. The Kier molecular flexibility index (Phi) is 7.15. The number of ether oxygens (including phenoxy) is 1. The first kappa shape index (κ1) is 22.6. The van der Waals surface area contributed by atoms with Gasteiger partial charge in [0, 0.05) is 11.8 Å². The first-order valence-corrected chi connectivity index (χ1v) is 10.4. The number of nitrogens with zero attached hydrogens (tertiary/aromatic N) is 1. The number of halogens is 3. The average molecular weight is 447 g/mol. The van der Waals surface area contributed by atoms with E-state index in [1.807, 2.05) is 0 Å². The van der Waals surface area contributed by atoms with Gasteiger partial charge < -0.3 is 10.1 Å². The van der Waals surface area contributed by atoms with E-state index >= 15 is 0 Å². The Balaban J connectivity index is 2.25. The minimum absolute atomic E-state index is 0.0101. The van der Waals surface area contributed by atoms with Gasteiger partial charge in [-0.1, -0.05) is 11.6 Å². The van der Waals surface area contributed by atoms with Gasteiger partial charge in [0.25, 0.3) is 0 Å². The van der Waals surface area contributed by atoms with Crippen molar-refractivity contribution in [3.05, 3.63) is 58.6 Å². The average Bonchev–Trinajstić information content (AvgIpc) is 2.61. The highest BCUT2D eigenvalue weighted by Crippen LogP contribution is 2.24. The Hall–Kier alpha value is -2.72. The van der Waals surface area contributed by atoms with Gasteiger partial charge in [0.2, 0.25) is 15.9 Å². The fourth-order valence-corrected chi connectivity index (χ4v) is 3.42. The maximum absolute atomic E-state index is 14.0. The monoisotopic (exact) mass is 446 g/mol. The molecule has 2 aromatic carbocycles. The van der Waals surface area contributed by atoms with E-state index in [1.54, 1.807) is 6.92 Å². The van der Waals surface area contributed by atoms with Crippen LogP contribution in [0.25, 0.3) is 0 Å². The van der Waals surface area contributed by atoms with Crippen molar-refractivity contribution < 1.29 is 31.5 Å². The van der Waals surface area contributed by atoms with Crippen molar-refractivity contribution in [2.75, 3.05) is 29.0 Å². The molecule has 11 heteroatoms. The van der Waals surface area contributed by atoms with Gasteiger partial charge >= 0.3 is 5.97 Å². The quantitative estimate of drug-likeness (QED) is 0.659. The summed E-state index contributed by atoms with van der Waals surface area (Å²) < 4.78 is 56.5. The maximum Gasteiger partial charge on any atom is 0.339 e. The summed E-state index contributed by atoms with van der Waals surface area (Å²) in [6.45, 7) is 0.961. The van der Waals surface area contributed by atoms with E-state index in [0.717, 1.165) is 18.4 Å². The molecule has 1 N–H and O–H groups in total. The Labute approximate surface area is 171 Å². The lowest BCUT2D eigenvalue weighted by Crippen LogP contribution is -2.38. The number of nitrogens with one attached hydrogen (secondary N) is 1. The molecule has 2 aromatic rings. The van der Waals surface area contributed by atoms with Gasteiger partial charge in [-0.3, -0.25) is 9.10 Å². The molecule has 7 nitrogen and oxygen atoms in total. The zero-order valence-corrected chi connectivity index (χ0v) is 17.0. The molecule has 156 valence electrons. The smallest absolute Gasteiger partial charge is 0.339 e. The van der Waals surface area contributed by atoms with Gasteiger partial charge in [-0.15, -0.1) is 0 Å². The second-order valence-electron chi connectivity index (χ2n) is 5.83. The first-order chi connectivity index (χ1) is 13.5. The summed E-state index contributed by atoms with van der Waals surface area (Å²) in [5.74, 6) is -3.55. The molecule has 0 saturated carbocycles. The van der Waals surface area contributed by atoms with Crippen LogP contribution < -0.4 is 9.62 Å². The predicted molar refractivity (Wildman–Crippen MR) is 105 cm³/mol. The molecule has 0 saturated heterocycles. The van der Waals surface area contributed by atoms with Gasteiger partial charge in [-0.25, -0.2) is 22.0 Å². The highest BCUT2D eigenvalue weighted by molar-refractivity contribution is 7.92. The van der Waals surface area contributed by atoms with Gasteiger partial charge in [-0.05, 0) is 37.3 Å². The topological polar surface area (TPSA) is 92.8 Å². The maximum atomic E-state index is 14.0. The van der Waals surface area contributed by atoms with E-state index in [1.165, 1.54) is 18.2 Å². The molecule has 2 rings (SSSR count). The number of esters is 1. The summed E-state index contributed by atoms with van der Waals surface area (Å²) in [5.41, 5.74) is -0.321. The number of benzene rings is 2. The zero-order chi connectivity index (χ0) is 21.8. The van der Waals surface area contributed by atoms with E-state index in [9.17, 15) is 26.8 Å². The van der Waals surface area contributed by atoms with Crippen molar-refractivity contribution in [1.82, 2.24) is 0 Å². The number of carbonyl (C=O) groups is 2. The third kappa shape index (κ3) is 5.88. The van der Waals surface area contributed by atoms with E-state index in [0.29, 0.717) is 10.4 Å². The van der Waals surface area contributed by atoms with Gasteiger partial charge in [0.1, 0.15) is 18.2 Å². The number of sulfonamides is 1. The molecule has 1 amide bonds. The van der Waals surface area contributed by atoms with Crippen LogP contribution in [0.1, 0.15) is 17.3 Å². The fraction of sp³-hybridized carbons (Fsp3) is 0.222. The molecule has 0 fully saturated rings. The van der Waals surface area contributed by atoms with Crippen molar-refractivity contribution in [2.24, 2.45) is 0 Å². The number of hydrogen-bond donors (Lipinski definition) is 1. The van der Waals surface area contributed by atoms with Crippen LogP contribution in [0.3, 0.4) is 0 Å². The summed E-state index contributed by atoms with van der Waals surface area (Å²) in [7, 11) is -4.06. The van der Waals surface area contributed by atoms with E-state index in [4.69, 9.17) is 16.3 Å². The minimum atomic E-state index is -4.06. The molecule has 0 heterocycles. The van der Waals surface area contributed by atoms with E-state index in [-0.39, 0.29) is 22.9 Å². The van der Waals surface area contributed by atoms with Gasteiger partial charge in [0.05, 0.1) is 29.1 Å². The Morgan fingerprint density at radius 2 is 1.86 bits per heavy atom. The van der Waals surface area contributed by atoms with Crippen LogP contribution in [0, 0.1) is 11.6 Å². The lowest BCUT2D eigenvalue weighted by atomic mass is 10.2. The zero-order valence-electron chi connectivity index (χ0n) is 15.4. The second kappa shape index (κ2) is 9.19. The SMILES string of the molecule is CCOC(=O)c1cc(NC(=O)CN(c2ccc(F)cc2F)S(C)(=O)=O)ccc1Cl. The Morgan fingerprint density at radius 1 is 1.17 bits per heavy atom. The van der Waals surface area contributed by atoms with Crippen LogP contribution in [-0.4, -0.2) is 39.7 Å². The van der Waals surface area contributed by atoms with Crippen LogP contribution in [0.15, 0.2) is 36.4 Å². The van der Waals surface area contributed by atoms with Gasteiger partial charge in [-0.2, -0.15) is 0 Å².